The molecule has 0 radical (unpaired) electrons. The summed E-state index contributed by atoms with van der Waals surface area (Å²) in [7, 11) is 0. The summed E-state index contributed by atoms with van der Waals surface area (Å²) in [6.45, 7) is 7.15. The van der Waals surface area contributed by atoms with E-state index >= 15 is 0 Å². The van der Waals surface area contributed by atoms with Crippen LogP contribution >= 0.6 is 0 Å². The number of hydrogen-bond acceptors (Lipinski definition) is 7. The maximum Gasteiger partial charge on any atom is 0.255 e. The lowest BCUT2D eigenvalue weighted by molar-refractivity contribution is 0.0953. The lowest BCUT2D eigenvalue weighted by Gasteiger charge is -2.14. The van der Waals surface area contributed by atoms with E-state index in [-0.39, 0.29) is 5.91 Å². The summed E-state index contributed by atoms with van der Waals surface area (Å²) < 4.78 is 5.72. The minimum Gasteiger partial charge on any atom is -0.493 e. The number of hydrogen-bond donors (Lipinski definition) is 3. The van der Waals surface area contributed by atoms with Gasteiger partial charge in [0.15, 0.2) is 0 Å². The average molecular weight is 457 g/mol. The average Bonchev–Trinajstić information content (AvgIpc) is 2.81. The van der Waals surface area contributed by atoms with Crippen LogP contribution in [0.5, 0.6) is 5.75 Å². The van der Waals surface area contributed by atoms with Gasteiger partial charge in [0.1, 0.15) is 29.0 Å². The fourth-order valence-corrected chi connectivity index (χ4v) is 3.67. The van der Waals surface area contributed by atoms with E-state index in [0.717, 1.165) is 22.2 Å². The zero-order chi connectivity index (χ0) is 23.9. The SMILES string of the molecule is CCOc1ccc2ccccc2c1C(=O)NCCNc1cc(Nc2cc(C)ccn2)nc(C)n1. The second-order valence-corrected chi connectivity index (χ2v) is 7.80. The molecule has 2 heterocycles. The van der Waals surface area contributed by atoms with Gasteiger partial charge in [0.2, 0.25) is 0 Å². The molecule has 8 heteroatoms. The van der Waals surface area contributed by atoms with Crippen molar-refractivity contribution in [2.45, 2.75) is 20.8 Å². The Morgan fingerprint density at radius 3 is 2.59 bits per heavy atom. The molecule has 0 unspecified atom stereocenters. The fourth-order valence-electron chi connectivity index (χ4n) is 3.67. The number of nitrogens with one attached hydrogen (secondary N) is 3. The van der Waals surface area contributed by atoms with Crippen LogP contribution in [0.15, 0.2) is 60.8 Å². The van der Waals surface area contributed by atoms with Crippen molar-refractivity contribution in [3.05, 3.63) is 77.7 Å². The van der Waals surface area contributed by atoms with Crippen LogP contribution < -0.4 is 20.7 Å². The number of rotatable bonds is 9. The summed E-state index contributed by atoms with van der Waals surface area (Å²) >= 11 is 0. The molecule has 3 N–H and O–H groups in total. The standard InChI is InChI=1S/C26H28N6O2/c1-4-34-21-10-9-19-7-5-6-8-20(19)25(21)26(33)29-14-13-28-23-16-24(31-18(3)30-23)32-22-15-17(2)11-12-27-22/h5-12,15-16H,4,13-14H2,1-3H3,(H,29,33)(H2,27,28,30,31,32). The molecule has 0 saturated carbocycles. The van der Waals surface area contributed by atoms with Gasteiger partial charge < -0.3 is 20.7 Å². The van der Waals surface area contributed by atoms with E-state index in [9.17, 15) is 4.79 Å². The number of carbonyl (C=O) groups excluding carboxylic acids is 1. The molecular weight excluding hydrogens is 428 g/mol. The number of aryl methyl sites for hydroxylation is 2. The molecule has 0 saturated heterocycles. The Labute approximate surface area is 198 Å². The van der Waals surface area contributed by atoms with Gasteiger partial charge >= 0.3 is 0 Å². The Hall–Kier alpha value is -4.20. The van der Waals surface area contributed by atoms with E-state index in [2.05, 4.69) is 30.9 Å². The number of carbonyl (C=O) groups is 1. The Bertz CT molecular complexity index is 1310. The lowest BCUT2D eigenvalue weighted by Crippen LogP contribution is -2.29. The second kappa shape index (κ2) is 10.6. The molecule has 0 aliphatic rings. The largest absolute Gasteiger partial charge is 0.493 e. The summed E-state index contributed by atoms with van der Waals surface area (Å²) in [5, 5.41) is 11.3. The van der Waals surface area contributed by atoms with E-state index in [4.69, 9.17) is 4.74 Å². The Morgan fingerprint density at radius 1 is 0.941 bits per heavy atom. The van der Waals surface area contributed by atoms with Crippen LogP contribution in [0.1, 0.15) is 28.7 Å². The highest BCUT2D eigenvalue weighted by molar-refractivity contribution is 6.09. The first-order chi connectivity index (χ1) is 16.5. The predicted octanol–water partition coefficient (Wildman–Crippen LogP) is 4.63. The smallest absolute Gasteiger partial charge is 0.255 e. The molecule has 0 spiro atoms. The van der Waals surface area contributed by atoms with Crippen LogP contribution in [0.3, 0.4) is 0 Å². The fraction of sp³-hybridized carbons (Fsp3) is 0.231. The third-order valence-electron chi connectivity index (χ3n) is 5.14. The van der Waals surface area contributed by atoms with E-state index < -0.39 is 0 Å². The van der Waals surface area contributed by atoms with Crippen molar-refractivity contribution in [3.63, 3.8) is 0 Å². The van der Waals surface area contributed by atoms with Crippen LogP contribution in [0, 0.1) is 13.8 Å². The molecule has 34 heavy (non-hydrogen) atoms. The highest BCUT2D eigenvalue weighted by atomic mass is 16.5. The van der Waals surface area contributed by atoms with Gasteiger partial charge in [0, 0.05) is 25.4 Å². The normalized spacial score (nSPS) is 10.7. The maximum absolute atomic E-state index is 13.0. The molecule has 174 valence electrons. The van der Waals surface area contributed by atoms with Gasteiger partial charge in [-0.1, -0.05) is 30.3 Å². The van der Waals surface area contributed by atoms with E-state index in [1.165, 1.54) is 0 Å². The summed E-state index contributed by atoms with van der Waals surface area (Å²) in [5.74, 6) is 3.07. The molecule has 1 amide bonds. The monoisotopic (exact) mass is 456 g/mol. The van der Waals surface area contributed by atoms with Crippen LogP contribution in [0.2, 0.25) is 0 Å². The van der Waals surface area contributed by atoms with Crippen molar-refractivity contribution < 1.29 is 9.53 Å². The molecule has 2 aromatic heterocycles. The second-order valence-electron chi connectivity index (χ2n) is 7.80. The molecule has 4 aromatic rings. The van der Waals surface area contributed by atoms with Gasteiger partial charge in [0.05, 0.1) is 12.2 Å². The van der Waals surface area contributed by atoms with Crippen molar-refractivity contribution in [3.8, 4) is 5.75 Å². The number of ether oxygens (including phenoxy) is 1. The third-order valence-corrected chi connectivity index (χ3v) is 5.14. The Morgan fingerprint density at radius 2 is 1.76 bits per heavy atom. The van der Waals surface area contributed by atoms with E-state index in [1.54, 1.807) is 6.20 Å². The third kappa shape index (κ3) is 5.58. The molecule has 0 aliphatic heterocycles. The minimum absolute atomic E-state index is 0.172. The van der Waals surface area contributed by atoms with Crippen molar-refractivity contribution in [1.82, 2.24) is 20.3 Å². The molecule has 2 aromatic carbocycles. The minimum atomic E-state index is -0.172. The van der Waals surface area contributed by atoms with Crippen molar-refractivity contribution in [1.29, 1.82) is 0 Å². The first kappa shape index (κ1) is 23.0. The van der Waals surface area contributed by atoms with Crippen LogP contribution in [0.25, 0.3) is 10.8 Å². The van der Waals surface area contributed by atoms with Gasteiger partial charge in [-0.25, -0.2) is 15.0 Å². The predicted molar refractivity (Wildman–Crippen MR) is 135 cm³/mol. The topological polar surface area (TPSA) is 101 Å². The van der Waals surface area contributed by atoms with E-state index in [0.29, 0.717) is 48.5 Å². The summed E-state index contributed by atoms with van der Waals surface area (Å²) in [6, 6.07) is 17.3. The zero-order valence-electron chi connectivity index (χ0n) is 19.6. The highest BCUT2D eigenvalue weighted by Crippen LogP contribution is 2.28. The van der Waals surface area contributed by atoms with Crippen molar-refractivity contribution >= 4 is 34.1 Å². The van der Waals surface area contributed by atoms with Crippen molar-refractivity contribution in [2.75, 3.05) is 30.3 Å². The molecule has 0 bridgehead atoms. The number of anilines is 3. The number of aromatic nitrogens is 3. The first-order valence-electron chi connectivity index (χ1n) is 11.3. The van der Waals surface area contributed by atoms with Gasteiger partial charge in [-0.2, -0.15) is 0 Å². The molecule has 4 rings (SSSR count). The van der Waals surface area contributed by atoms with Gasteiger partial charge in [-0.15, -0.1) is 0 Å². The van der Waals surface area contributed by atoms with Gasteiger partial charge in [-0.05, 0) is 55.3 Å². The van der Waals surface area contributed by atoms with Crippen LogP contribution in [-0.4, -0.2) is 40.6 Å². The van der Waals surface area contributed by atoms with E-state index in [1.807, 2.05) is 75.4 Å². The molecule has 8 nitrogen and oxygen atoms in total. The van der Waals surface area contributed by atoms with Crippen molar-refractivity contribution in [2.24, 2.45) is 0 Å². The molecule has 0 atom stereocenters. The number of fused-ring (bicyclic) bond motifs is 1. The number of nitrogens with zero attached hydrogens (tertiary/aromatic N) is 3. The Kier molecular flexibility index (Phi) is 7.17. The number of benzene rings is 2. The Balaban J connectivity index is 1.40. The molecule has 0 aliphatic carbocycles. The zero-order valence-corrected chi connectivity index (χ0v) is 19.6. The van der Waals surface area contributed by atoms with Crippen LogP contribution in [-0.2, 0) is 0 Å². The molecule has 0 fully saturated rings. The highest BCUT2D eigenvalue weighted by Gasteiger charge is 2.16. The maximum atomic E-state index is 13.0. The number of amides is 1. The summed E-state index contributed by atoms with van der Waals surface area (Å²) in [6.07, 6.45) is 1.75. The van der Waals surface area contributed by atoms with Gasteiger partial charge in [0.25, 0.3) is 5.91 Å². The first-order valence-corrected chi connectivity index (χ1v) is 11.3. The summed E-state index contributed by atoms with van der Waals surface area (Å²) in [5.41, 5.74) is 1.66. The van der Waals surface area contributed by atoms with Gasteiger partial charge in [-0.3, -0.25) is 4.79 Å². The quantitative estimate of drug-likeness (QED) is 0.316. The number of pyridine rings is 1. The molecular formula is C26H28N6O2. The summed E-state index contributed by atoms with van der Waals surface area (Å²) in [4.78, 5) is 26.2. The lowest BCUT2D eigenvalue weighted by atomic mass is 10.0. The van der Waals surface area contributed by atoms with Crippen LogP contribution in [0.4, 0.5) is 17.5 Å².